The van der Waals surface area contributed by atoms with Gasteiger partial charge in [0.2, 0.25) is 0 Å². The van der Waals surface area contributed by atoms with Gasteiger partial charge in [-0.05, 0) is 47.1 Å². The molecule has 0 unspecified atom stereocenters. The fourth-order valence-corrected chi connectivity index (χ4v) is 3.69. The van der Waals surface area contributed by atoms with Crippen LogP contribution in [0.3, 0.4) is 0 Å². The Morgan fingerprint density at radius 2 is 2.11 bits per heavy atom. The number of carbonyl (C=O) groups is 1. The monoisotopic (exact) mass is 396 g/mol. The molecular weight excluding hydrogens is 364 g/mol. The molecule has 0 aromatic heterocycles. The van der Waals surface area contributed by atoms with E-state index in [1.165, 1.54) is 16.4 Å². The lowest BCUT2D eigenvalue weighted by Crippen LogP contribution is -2.34. The van der Waals surface area contributed by atoms with Gasteiger partial charge in [-0.3, -0.25) is 0 Å². The Morgan fingerprint density at radius 3 is 2.78 bits per heavy atom. The van der Waals surface area contributed by atoms with Gasteiger partial charge in [0, 0.05) is 57.0 Å². The van der Waals surface area contributed by atoms with Gasteiger partial charge >= 0.3 is 6.09 Å². The minimum absolute atomic E-state index is 0.277. The molecule has 0 saturated carbocycles. The van der Waals surface area contributed by atoms with Gasteiger partial charge in [0.05, 0.1) is 0 Å². The van der Waals surface area contributed by atoms with Crippen LogP contribution in [0.15, 0.2) is 18.2 Å². The maximum absolute atomic E-state index is 12.6. The Morgan fingerprint density at radius 1 is 1.37 bits per heavy atom. The molecule has 152 valence electrons. The van der Waals surface area contributed by atoms with Crippen LogP contribution in [0.4, 0.5) is 4.79 Å². The van der Waals surface area contributed by atoms with Crippen molar-refractivity contribution in [2.24, 2.45) is 0 Å². The highest BCUT2D eigenvalue weighted by molar-refractivity contribution is 7.95. The summed E-state index contributed by atoms with van der Waals surface area (Å²) in [6, 6.07) is 5.97. The first-order chi connectivity index (χ1) is 12.7. The second-order valence-electron chi connectivity index (χ2n) is 7.51. The lowest BCUT2D eigenvalue weighted by atomic mass is 10.0. The highest BCUT2D eigenvalue weighted by atomic mass is 32.2. The average molecular weight is 397 g/mol. The topological polar surface area (TPSA) is 51.2 Å². The molecule has 1 aliphatic heterocycles. The van der Waals surface area contributed by atoms with Crippen LogP contribution in [-0.4, -0.2) is 53.2 Å². The number of ether oxygens (including phenoxy) is 3. The second-order valence-corrected chi connectivity index (χ2v) is 8.69. The third-order valence-corrected chi connectivity index (χ3v) is 5.39. The normalized spacial score (nSPS) is 15.0. The van der Waals surface area contributed by atoms with Crippen molar-refractivity contribution in [1.29, 1.82) is 0 Å². The summed E-state index contributed by atoms with van der Waals surface area (Å²) in [5, 5.41) is 0. The van der Waals surface area contributed by atoms with E-state index in [1.807, 2.05) is 32.9 Å². The number of amides is 1. The van der Waals surface area contributed by atoms with Crippen LogP contribution in [0.25, 0.3) is 0 Å². The molecule has 7 heteroatoms. The lowest BCUT2D eigenvalue weighted by molar-refractivity contribution is 0.131. The van der Waals surface area contributed by atoms with Crippen LogP contribution in [0.5, 0.6) is 11.5 Å². The van der Waals surface area contributed by atoms with Crippen LogP contribution in [-0.2, 0) is 11.2 Å². The van der Waals surface area contributed by atoms with E-state index >= 15 is 0 Å². The summed E-state index contributed by atoms with van der Waals surface area (Å²) in [5.74, 6) is 1.15. The van der Waals surface area contributed by atoms with Crippen LogP contribution in [0, 0.1) is 0 Å². The number of nitrogens with zero attached hydrogens (tertiary/aromatic N) is 2. The van der Waals surface area contributed by atoms with Crippen molar-refractivity contribution in [1.82, 2.24) is 8.61 Å². The highest BCUT2D eigenvalue weighted by Crippen LogP contribution is 2.42. The van der Waals surface area contributed by atoms with Gasteiger partial charge < -0.3 is 14.2 Å². The summed E-state index contributed by atoms with van der Waals surface area (Å²) >= 11 is 1.37. The van der Waals surface area contributed by atoms with Crippen molar-refractivity contribution < 1.29 is 19.0 Å². The third-order valence-electron chi connectivity index (χ3n) is 4.18. The third kappa shape index (κ3) is 6.30. The molecule has 0 atom stereocenters. The molecule has 0 radical (unpaired) electrons. The number of benzene rings is 1. The molecule has 1 aromatic rings. The molecule has 6 nitrogen and oxygen atoms in total. The smallest absolute Gasteiger partial charge is 0.426 e. The van der Waals surface area contributed by atoms with Gasteiger partial charge in [0.1, 0.15) is 5.60 Å². The van der Waals surface area contributed by atoms with Gasteiger partial charge in [0.15, 0.2) is 11.5 Å². The van der Waals surface area contributed by atoms with Crippen LogP contribution >= 0.6 is 12.1 Å². The summed E-state index contributed by atoms with van der Waals surface area (Å²) in [6.45, 7) is 12.5. The predicted octanol–water partition coefficient (Wildman–Crippen LogP) is 4.53. The molecule has 0 spiro atoms. The molecule has 1 heterocycles. The molecule has 1 aromatic carbocycles. The Labute approximate surface area is 167 Å². The first kappa shape index (κ1) is 21.9. The number of hydrogen-bond acceptors (Lipinski definition) is 6. The molecule has 2 rings (SSSR count). The maximum Gasteiger partial charge on any atom is 0.426 e. The fourth-order valence-electron chi connectivity index (χ4n) is 2.88. The van der Waals surface area contributed by atoms with Gasteiger partial charge in [-0.25, -0.2) is 13.4 Å². The van der Waals surface area contributed by atoms with E-state index in [0.29, 0.717) is 11.5 Å². The molecule has 0 saturated heterocycles. The van der Waals surface area contributed by atoms with E-state index in [9.17, 15) is 4.79 Å². The molecule has 0 bridgehead atoms. The maximum atomic E-state index is 12.6. The number of fused-ring (bicyclic) bond motifs is 1. The first-order valence-corrected chi connectivity index (χ1v) is 10.3. The van der Waals surface area contributed by atoms with E-state index in [2.05, 4.69) is 18.2 Å². The molecule has 1 aliphatic rings. The van der Waals surface area contributed by atoms with Gasteiger partial charge in [0.25, 0.3) is 0 Å². The molecule has 0 aliphatic carbocycles. The molecule has 0 N–H and O–H groups in total. The summed E-state index contributed by atoms with van der Waals surface area (Å²) in [4.78, 5) is 12.6. The SMILES string of the molecule is CCOCCCN(SN(C)C(=O)Oc1cccc2c1OC(C)(C)C2)C(C)C. The van der Waals surface area contributed by atoms with Crippen LogP contribution in [0.1, 0.15) is 46.6 Å². The van der Waals surface area contributed by atoms with Crippen molar-refractivity contribution in [3.05, 3.63) is 23.8 Å². The van der Waals surface area contributed by atoms with Gasteiger partial charge in [-0.1, -0.05) is 12.1 Å². The Bertz CT molecular complexity index is 636. The van der Waals surface area contributed by atoms with E-state index in [1.54, 1.807) is 13.1 Å². The molecule has 0 fully saturated rings. The Kier molecular flexibility index (Phi) is 7.82. The van der Waals surface area contributed by atoms with Gasteiger partial charge in [-0.2, -0.15) is 0 Å². The highest BCUT2D eigenvalue weighted by Gasteiger charge is 2.33. The molecule has 27 heavy (non-hydrogen) atoms. The minimum atomic E-state index is -0.419. The number of rotatable bonds is 9. The number of carbonyl (C=O) groups excluding carboxylic acids is 1. The summed E-state index contributed by atoms with van der Waals surface area (Å²) < 4.78 is 20.7. The fraction of sp³-hybridized carbons (Fsp3) is 0.650. The predicted molar refractivity (Wildman–Crippen MR) is 109 cm³/mol. The number of para-hydroxylation sites is 1. The zero-order valence-corrected chi connectivity index (χ0v) is 18.1. The van der Waals surface area contributed by atoms with E-state index in [4.69, 9.17) is 14.2 Å². The van der Waals surface area contributed by atoms with Gasteiger partial charge in [-0.15, -0.1) is 0 Å². The average Bonchev–Trinajstić information content (AvgIpc) is 2.92. The lowest BCUT2D eigenvalue weighted by Gasteiger charge is -2.28. The number of hydrogen-bond donors (Lipinski definition) is 0. The Hall–Kier alpha value is -1.44. The summed E-state index contributed by atoms with van der Waals surface area (Å²) in [7, 11) is 1.72. The van der Waals surface area contributed by atoms with Crippen molar-refractivity contribution >= 4 is 18.2 Å². The van der Waals surface area contributed by atoms with Crippen LogP contribution < -0.4 is 9.47 Å². The zero-order valence-electron chi connectivity index (χ0n) is 17.3. The second kappa shape index (κ2) is 9.66. The van der Waals surface area contributed by atoms with E-state index < -0.39 is 6.09 Å². The van der Waals surface area contributed by atoms with Crippen molar-refractivity contribution in [2.45, 2.75) is 59.1 Å². The van der Waals surface area contributed by atoms with E-state index in [0.717, 1.165) is 38.2 Å². The first-order valence-electron chi connectivity index (χ1n) is 9.52. The van der Waals surface area contributed by atoms with Crippen LogP contribution in [0.2, 0.25) is 0 Å². The van der Waals surface area contributed by atoms with Crippen molar-refractivity contribution in [2.75, 3.05) is 26.8 Å². The van der Waals surface area contributed by atoms with E-state index in [-0.39, 0.29) is 11.6 Å². The quantitative estimate of drug-likeness (QED) is 0.451. The summed E-state index contributed by atoms with van der Waals surface area (Å²) in [6.07, 6.45) is 1.30. The Balaban J connectivity index is 1.95. The van der Waals surface area contributed by atoms with Crippen molar-refractivity contribution in [3.8, 4) is 11.5 Å². The molecular formula is C20H32N2O4S. The minimum Gasteiger partial charge on any atom is -0.483 e. The zero-order chi connectivity index (χ0) is 20.0. The summed E-state index contributed by atoms with van der Waals surface area (Å²) in [5.41, 5.74) is 0.792. The molecule has 1 amide bonds. The van der Waals surface area contributed by atoms with Crippen molar-refractivity contribution in [3.63, 3.8) is 0 Å². The standard InChI is InChI=1S/C20H32N2O4S/c1-7-24-13-9-12-22(15(2)3)27-21(6)19(23)25-17-11-8-10-16-14-20(4,5)26-18(16)17/h8,10-11,15H,7,9,12-14H2,1-6H3. The largest absolute Gasteiger partial charge is 0.483 e.